The molecule has 0 aliphatic carbocycles. The van der Waals surface area contributed by atoms with Crippen LogP contribution in [0.2, 0.25) is 0 Å². The van der Waals surface area contributed by atoms with Crippen molar-refractivity contribution in [1.82, 2.24) is 9.80 Å². The van der Waals surface area contributed by atoms with E-state index >= 15 is 0 Å². The Kier molecular flexibility index (Phi) is 4.38. The molecule has 2 heterocycles. The van der Waals surface area contributed by atoms with Crippen molar-refractivity contribution in [1.29, 1.82) is 0 Å². The van der Waals surface area contributed by atoms with E-state index in [1.165, 1.54) is 7.11 Å². The predicted octanol–water partition coefficient (Wildman–Crippen LogP) is 0.621. The monoisotopic (exact) mass is 320 g/mol. The third-order valence-electron chi connectivity index (χ3n) is 4.27. The Hall–Kier alpha value is -2.28. The van der Waals surface area contributed by atoms with Crippen molar-refractivity contribution >= 4 is 11.9 Å². The number of nitrogens with zero attached hydrogens (tertiary/aromatic N) is 2. The minimum absolute atomic E-state index is 0.00516. The first-order valence-corrected chi connectivity index (χ1v) is 7.57. The van der Waals surface area contributed by atoms with Crippen molar-refractivity contribution in [2.75, 3.05) is 33.5 Å². The zero-order valence-corrected chi connectivity index (χ0v) is 13.3. The van der Waals surface area contributed by atoms with Crippen molar-refractivity contribution < 1.29 is 23.8 Å². The van der Waals surface area contributed by atoms with Crippen LogP contribution < -0.4 is 9.47 Å². The summed E-state index contributed by atoms with van der Waals surface area (Å²) in [6.07, 6.45) is 0. The number of carbonyl (C=O) groups excluding carboxylic acids is 2. The largest absolute Gasteiger partial charge is 0.468 e. The fourth-order valence-electron chi connectivity index (χ4n) is 2.90. The first kappa shape index (κ1) is 15.6. The number of para-hydroxylation sites is 1. The zero-order chi connectivity index (χ0) is 16.4. The molecule has 1 saturated heterocycles. The first-order valence-electron chi connectivity index (χ1n) is 7.57. The Balaban J connectivity index is 1.68. The molecule has 1 aromatic carbocycles. The van der Waals surface area contributed by atoms with Crippen molar-refractivity contribution in [2.45, 2.75) is 19.5 Å². The summed E-state index contributed by atoms with van der Waals surface area (Å²) in [7, 11) is 1.32. The van der Waals surface area contributed by atoms with Crippen molar-refractivity contribution in [3.63, 3.8) is 0 Å². The number of esters is 1. The highest BCUT2D eigenvalue weighted by Crippen LogP contribution is 2.36. The van der Waals surface area contributed by atoms with Crippen LogP contribution in [0.4, 0.5) is 0 Å². The lowest BCUT2D eigenvalue weighted by Crippen LogP contribution is -2.56. The van der Waals surface area contributed by atoms with Gasteiger partial charge in [0.25, 0.3) is 0 Å². The van der Waals surface area contributed by atoms with Gasteiger partial charge in [0.15, 0.2) is 11.5 Å². The second kappa shape index (κ2) is 6.45. The maximum atomic E-state index is 12.4. The van der Waals surface area contributed by atoms with E-state index in [1.54, 1.807) is 4.90 Å². The van der Waals surface area contributed by atoms with Crippen LogP contribution in [0.5, 0.6) is 11.5 Å². The molecule has 2 aliphatic heterocycles. The molecule has 0 spiro atoms. The number of hydrogen-bond donors (Lipinski definition) is 0. The molecule has 0 aromatic heterocycles. The van der Waals surface area contributed by atoms with Gasteiger partial charge in [0.2, 0.25) is 12.7 Å². The van der Waals surface area contributed by atoms with Crippen LogP contribution >= 0.6 is 0 Å². The van der Waals surface area contributed by atoms with Crippen molar-refractivity contribution in [3.05, 3.63) is 23.8 Å². The van der Waals surface area contributed by atoms with Crippen LogP contribution in [0, 0.1) is 0 Å². The predicted molar refractivity (Wildman–Crippen MR) is 81.0 cm³/mol. The number of hydrogen-bond acceptors (Lipinski definition) is 6. The van der Waals surface area contributed by atoms with Gasteiger partial charge in [-0.05, 0) is 13.0 Å². The lowest BCUT2D eigenvalue weighted by Gasteiger charge is -2.38. The van der Waals surface area contributed by atoms with Gasteiger partial charge in [-0.25, -0.2) is 0 Å². The molecule has 3 rings (SSSR count). The average molecular weight is 320 g/mol. The van der Waals surface area contributed by atoms with Gasteiger partial charge < -0.3 is 19.1 Å². The second-order valence-electron chi connectivity index (χ2n) is 5.63. The summed E-state index contributed by atoms with van der Waals surface area (Å²) in [6, 6.07) is 5.47. The zero-order valence-electron chi connectivity index (χ0n) is 13.3. The van der Waals surface area contributed by atoms with Crippen LogP contribution in [-0.2, 0) is 20.9 Å². The fourth-order valence-corrected chi connectivity index (χ4v) is 2.90. The number of ether oxygens (including phenoxy) is 3. The van der Waals surface area contributed by atoms with Gasteiger partial charge in [-0.2, -0.15) is 0 Å². The first-order chi connectivity index (χ1) is 11.1. The molecule has 7 heteroatoms. The summed E-state index contributed by atoms with van der Waals surface area (Å²) < 4.78 is 15.5. The summed E-state index contributed by atoms with van der Waals surface area (Å²) >= 11 is 0. The number of benzene rings is 1. The van der Waals surface area contributed by atoms with E-state index in [9.17, 15) is 9.59 Å². The molecule has 1 aromatic rings. The molecule has 0 N–H and O–H groups in total. The summed E-state index contributed by atoms with van der Waals surface area (Å²) in [5, 5.41) is 0. The molecule has 23 heavy (non-hydrogen) atoms. The van der Waals surface area contributed by atoms with Gasteiger partial charge >= 0.3 is 5.97 Å². The maximum Gasteiger partial charge on any atom is 0.325 e. The lowest BCUT2D eigenvalue weighted by molar-refractivity contribution is -0.151. The van der Waals surface area contributed by atoms with Crippen LogP contribution in [0.1, 0.15) is 12.5 Å². The van der Waals surface area contributed by atoms with E-state index in [1.807, 2.05) is 25.1 Å². The van der Waals surface area contributed by atoms with E-state index in [4.69, 9.17) is 9.47 Å². The SMILES string of the molecule is COC(=O)CN1CCN(Cc2cccc3c2OCO3)[C@H](C)C1=O. The molecule has 1 amide bonds. The number of methoxy groups -OCH3 is 1. The van der Waals surface area contributed by atoms with Gasteiger partial charge in [-0.15, -0.1) is 0 Å². The minimum atomic E-state index is -0.398. The number of amides is 1. The molecule has 2 aliphatic rings. The maximum absolute atomic E-state index is 12.4. The molecule has 7 nitrogen and oxygen atoms in total. The Labute approximate surface area is 134 Å². The number of carbonyl (C=O) groups is 2. The molecule has 0 bridgehead atoms. The quantitative estimate of drug-likeness (QED) is 0.758. The highest BCUT2D eigenvalue weighted by atomic mass is 16.7. The van der Waals surface area contributed by atoms with Gasteiger partial charge in [-0.1, -0.05) is 12.1 Å². The summed E-state index contributed by atoms with van der Waals surface area (Å²) in [4.78, 5) is 27.4. The highest BCUT2D eigenvalue weighted by molar-refractivity contribution is 5.86. The van der Waals surface area contributed by atoms with E-state index in [2.05, 4.69) is 9.64 Å². The fraction of sp³-hybridized carbons (Fsp3) is 0.500. The Morgan fingerprint density at radius 1 is 1.35 bits per heavy atom. The van der Waals surface area contributed by atoms with Gasteiger partial charge in [0.1, 0.15) is 6.54 Å². The molecule has 124 valence electrons. The molecule has 0 saturated carbocycles. The number of rotatable bonds is 4. The van der Waals surface area contributed by atoms with Gasteiger partial charge in [-0.3, -0.25) is 14.5 Å². The second-order valence-corrected chi connectivity index (χ2v) is 5.63. The average Bonchev–Trinajstić information content (AvgIpc) is 3.04. The van der Waals surface area contributed by atoms with Gasteiger partial charge in [0, 0.05) is 25.2 Å². The normalized spacial score (nSPS) is 20.7. The lowest BCUT2D eigenvalue weighted by atomic mass is 10.1. The third kappa shape index (κ3) is 3.10. The van der Waals surface area contributed by atoms with Crippen molar-refractivity contribution in [3.8, 4) is 11.5 Å². The molecular formula is C16H20N2O5. The van der Waals surface area contributed by atoms with Gasteiger partial charge in [0.05, 0.1) is 13.2 Å². The topological polar surface area (TPSA) is 68.3 Å². The number of fused-ring (bicyclic) bond motifs is 1. The van der Waals surface area contributed by atoms with Crippen molar-refractivity contribution in [2.24, 2.45) is 0 Å². The standard InChI is InChI=1S/C16H20N2O5/c1-11-16(20)18(9-14(19)21-2)7-6-17(11)8-12-4-3-5-13-15(12)23-10-22-13/h3-5,11H,6-10H2,1-2H3/t11-/m1/s1. The Bertz CT molecular complexity index is 618. The highest BCUT2D eigenvalue weighted by Gasteiger charge is 2.33. The summed E-state index contributed by atoms with van der Waals surface area (Å²) in [6.45, 7) is 3.88. The van der Waals surface area contributed by atoms with E-state index in [-0.39, 0.29) is 25.3 Å². The smallest absolute Gasteiger partial charge is 0.325 e. The van der Waals surface area contributed by atoms with E-state index in [0.717, 1.165) is 17.1 Å². The molecule has 0 unspecified atom stereocenters. The molecular weight excluding hydrogens is 300 g/mol. The summed E-state index contributed by atoms with van der Waals surface area (Å²) in [5.41, 5.74) is 1.00. The Morgan fingerprint density at radius 2 is 2.17 bits per heavy atom. The Morgan fingerprint density at radius 3 is 2.96 bits per heavy atom. The summed E-state index contributed by atoms with van der Waals surface area (Å²) in [5.74, 6) is 1.03. The van der Waals surface area contributed by atoms with Crippen LogP contribution in [-0.4, -0.2) is 61.3 Å². The van der Waals surface area contributed by atoms with E-state index < -0.39 is 5.97 Å². The van der Waals surface area contributed by atoms with Crippen LogP contribution in [0.3, 0.4) is 0 Å². The minimum Gasteiger partial charge on any atom is -0.468 e. The molecule has 1 atom stereocenters. The number of piperazine rings is 1. The molecule has 0 radical (unpaired) electrons. The van der Waals surface area contributed by atoms with Crippen LogP contribution in [0.25, 0.3) is 0 Å². The van der Waals surface area contributed by atoms with E-state index in [0.29, 0.717) is 19.6 Å². The molecule has 1 fully saturated rings. The van der Waals surface area contributed by atoms with Crippen LogP contribution in [0.15, 0.2) is 18.2 Å². The third-order valence-corrected chi connectivity index (χ3v) is 4.27.